The molecule has 0 spiro atoms. The number of pyridine rings is 1. The molecule has 11 heterocycles. The number of hydrogen-bond acceptors (Lipinski definition) is 32. The lowest BCUT2D eigenvalue weighted by molar-refractivity contribution is -0.280. The number of primary amides is 1. The zero-order valence-electron chi connectivity index (χ0n) is 56.4. The molecule has 0 saturated carbocycles. The number of hydrogen-bond donors (Lipinski definition) is 10. The first-order chi connectivity index (χ1) is 49.9. The Bertz CT molecular complexity index is 4960. The number of nitrogens with one attached hydrogen (secondary N) is 5. The lowest BCUT2D eigenvalue weighted by Crippen LogP contribution is -2.62. The molecule has 0 aliphatic carbocycles. The van der Waals surface area contributed by atoms with E-state index in [0.717, 1.165) is 56.7 Å². The molecule has 1 aromatic carbocycles. The van der Waals surface area contributed by atoms with Crippen molar-refractivity contribution < 1.29 is 99.9 Å². The van der Waals surface area contributed by atoms with Crippen LogP contribution in [0.15, 0.2) is 69.2 Å². The summed E-state index contributed by atoms with van der Waals surface area (Å²) < 4.78 is 77.9. The fourth-order valence-electron chi connectivity index (χ4n) is 12.3. The molecule has 7 aromatic heterocycles. The van der Waals surface area contributed by atoms with Crippen LogP contribution in [0.5, 0.6) is 5.75 Å². The fourth-order valence-corrected chi connectivity index (χ4v) is 16.9. The summed E-state index contributed by atoms with van der Waals surface area (Å²) in [6.07, 6.45) is -7.98. The molecule has 12 rings (SSSR count). The molecule has 105 heavy (non-hydrogen) atoms. The zero-order chi connectivity index (χ0) is 75.2. The molecule has 35 nitrogen and oxygen atoms in total. The van der Waals surface area contributed by atoms with Crippen molar-refractivity contribution >= 4 is 131 Å². The quantitative estimate of drug-likeness (QED) is 0.0185. The first kappa shape index (κ1) is 75.1. The van der Waals surface area contributed by atoms with E-state index >= 15 is 19.2 Å². The average Bonchev–Trinajstić information content (AvgIpc) is 1.61. The summed E-state index contributed by atoms with van der Waals surface area (Å²) in [6.45, 7) is 7.17. The second kappa shape index (κ2) is 30.5. The van der Waals surface area contributed by atoms with Gasteiger partial charge in [-0.05, 0) is 65.9 Å². The number of fused-ring (bicyclic) bond motifs is 15. The molecule has 4 aliphatic rings. The highest BCUT2D eigenvalue weighted by atomic mass is 32.2. The van der Waals surface area contributed by atoms with Gasteiger partial charge in [0, 0.05) is 49.8 Å². The predicted octanol–water partition coefficient (Wildman–Crippen LogP) is 3.84. The predicted molar refractivity (Wildman–Crippen MR) is 375 cm³/mol. The van der Waals surface area contributed by atoms with Crippen molar-refractivity contribution in [3.63, 3.8) is 0 Å². The third-order valence-electron chi connectivity index (χ3n) is 17.1. The number of likely N-dealkylation sites (N-methyl/N-ethyl adjacent to an activating group) is 1. The minimum absolute atomic E-state index is 0.000222. The summed E-state index contributed by atoms with van der Waals surface area (Å²) in [7, 11) is 0.305. The normalized spacial score (nSPS) is 23.3. The van der Waals surface area contributed by atoms with E-state index in [4.69, 9.17) is 53.8 Å². The number of thiazole rings is 5. The molecule has 11 N–H and O–H groups in total. The number of methoxy groups -OCH3 is 1. The summed E-state index contributed by atoms with van der Waals surface area (Å²) >= 11 is 4.35. The molecule has 12 bridgehead atoms. The van der Waals surface area contributed by atoms with Crippen LogP contribution in [0.1, 0.15) is 131 Å². The molecular formula is C64H66N14O21S6. The number of nitrogens with two attached hydrogens (primary N) is 1. The van der Waals surface area contributed by atoms with Gasteiger partial charge >= 0.3 is 11.9 Å². The van der Waals surface area contributed by atoms with Crippen molar-refractivity contribution in [2.45, 2.75) is 114 Å². The van der Waals surface area contributed by atoms with E-state index in [0.29, 0.717) is 4.73 Å². The Balaban J connectivity index is 1.06. The number of aromatic nitrogens is 7. The third-order valence-corrected chi connectivity index (χ3v) is 22.4. The molecule has 4 aliphatic heterocycles. The maximum Gasteiger partial charge on any atom is 0.358 e. The smallest absolute Gasteiger partial charge is 0.358 e. The number of ether oxygens (including phenoxy) is 7. The Morgan fingerprint density at radius 1 is 0.876 bits per heavy atom. The van der Waals surface area contributed by atoms with Crippen LogP contribution in [-0.4, -0.2) is 204 Å². The van der Waals surface area contributed by atoms with Gasteiger partial charge in [-0.25, -0.2) is 39.5 Å². The standard InChI is InChI=1S/C64H66N14O21S6/c1-25(51(65)80)66-52(81)34-22-103-60(71-34)45-39(94-13-10-14-105(90,91)92)15-30-44(73-45)33-20-101-58(68-33)32-19-97-62(86)47-31-18-95-48(49(99-40-16-64(5,88)50(77(6)7)28(4)98-40)63(87)96-17-29-11-9-12-38(41(29)31)78(47)89)46(61-72-35(23-104-61)53(82)67-32)76-55(84)37-24-102-59(70-37)43(27(3)93-8)75-56(85)42(26(2)79)74-54(83)36-21-100-57(30)69-36/h9,11-12,15,20-24,26,28,32,40,42,46,48-50,79,88-89H,1,10,13-14,16-19H2,2-8H3,(H2,65,80)(H,66,81)(H,67,82)(H,74,83)(H,75,85)(H,76,84)(H,90,91,92)/b43-27+/t26-,28+,32+,40+,42+,46+,48+,49+,50-,64+/m1/s1. The highest BCUT2D eigenvalue weighted by Gasteiger charge is 2.50. The summed E-state index contributed by atoms with van der Waals surface area (Å²) in [5.41, 5.74) is 1.75. The van der Waals surface area contributed by atoms with E-state index in [1.54, 1.807) is 45.0 Å². The highest BCUT2D eigenvalue weighted by molar-refractivity contribution is 7.85. The summed E-state index contributed by atoms with van der Waals surface area (Å²) in [5.74, 6) is -8.91. The Hall–Kier alpha value is -9.63. The van der Waals surface area contributed by atoms with Crippen molar-refractivity contribution in [1.82, 2.24) is 66.1 Å². The van der Waals surface area contributed by atoms with E-state index in [9.17, 15) is 47.6 Å². The topological polar surface area (TPSA) is 488 Å². The Morgan fingerprint density at radius 3 is 2.25 bits per heavy atom. The molecule has 1 fully saturated rings. The van der Waals surface area contributed by atoms with Gasteiger partial charge in [0.05, 0.1) is 61.1 Å². The van der Waals surface area contributed by atoms with Gasteiger partial charge in [-0.15, -0.1) is 56.7 Å². The number of benzene rings is 1. The fraction of sp³-hybridized carbons (Fsp3) is 0.375. The van der Waals surface area contributed by atoms with E-state index in [1.165, 1.54) is 60.0 Å². The number of esters is 2. The number of carbonyl (C=O) groups excluding carboxylic acids is 8. The monoisotopic (exact) mass is 1560 g/mol. The number of aliphatic hydroxyl groups excluding tert-OH is 1. The van der Waals surface area contributed by atoms with Crippen LogP contribution in [0, 0.1) is 0 Å². The number of rotatable bonds is 14. The van der Waals surface area contributed by atoms with Crippen LogP contribution in [0.4, 0.5) is 0 Å². The van der Waals surface area contributed by atoms with Crippen LogP contribution in [0.3, 0.4) is 0 Å². The van der Waals surface area contributed by atoms with Gasteiger partial charge in [0.1, 0.15) is 120 Å². The van der Waals surface area contributed by atoms with Gasteiger partial charge < -0.3 is 85.8 Å². The van der Waals surface area contributed by atoms with Crippen LogP contribution >= 0.6 is 56.7 Å². The van der Waals surface area contributed by atoms with Gasteiger partial charge in [-0.2, -0.15) is 13.1 Å². The first-order valence-corrected chi connectivity index (χ1v) is 37.7. The van der Waals surface area contributed by atoms with E-state index < -0.39 is 155 Å². The molecule has 0 unspecified atom stereocenters. The van der Waals surface area contributed by atoms with Gasteiger partial charge in [0.25, 0.3) is 39.7 Å². The minimum Gasteiger partial charge on any atom is -0.499 e. The summed E-state index contributed by atoms with van der Waals surface area (Å²) in [4.78, 5) is 145. The van der Waals surface area contributed by atoms with E-state index in [2.05, 4.69) is 48.1 Å². The Kier molecular flexibility index (Phi) is 21.8. The van der Waals surface area contributed by atoms with Crippen LogP contribution in [-0.2, 0) is 66.1 Å². The second-order valence-corrected chi connectivity index (χ2v) is 30.7. The summed E-state index contributed by atoms with van der Waals surface area (Å²) in [6, 6.07) is 0.586. The van der Waals surface area contributed by atoms with Gasteiger partial charge in [-0.3, -0.25) is 33.3 Å². The number of cyclic esters (lactones) is 2. The lowest BCUT2D eigenvalue weighted by atomic mass is 9.85. The van der Waals surface area contributed by atoms with Crippen molar-refractivity contribution in [3.8, 4) is 38.4 Å². The zero-order valence-corrected chi connectivity index (χ0v) is 61.3. The Labute approximate surface area is 615 Å². The number of amides is 6. The minimum atomic E-state index is -4.50. The number of aliphatic hydroxyl groups is 2. The Morgan fingerprint density at radius 2 is 1.54 bits per heavy atom. The van der Waals surface area contributed by atoms with Gasteiger partial charge in [-0.1, -0.05) is 18.7 Å². The molecular weight excluding hydrogens is 1490 g/mol. The third kappa shape index (κ3) is 15.9. The van der Waals surface area contributed by atoms with Gasteiger partial charge in [0.2, 0.25) is 5.91 Å². The molecule has 554 valence electrons. The first-order valence-electron chi connectivity index (χ1n) is 31.7. The van der Waals surface area contributed by atoms with Crippen molar-refractivity contribution in [2.24, 2.45) is 5.73 Å². The average molecular weight is 1560 g/mol. The second-order valence-electron chi connectivity index (χ2n) is 24.8. The van der Waals surface area contributed by atoms with E-state index in [1.807, 2.05) is 0 Å². The van der Waals surface area contributed by atoms with Crippen molar-refractivity contribution in [1.29, 1.82) is 0 Å². The molecule has 0 radical (unpaired) electrons. The molecule has 6 amide bonds. The number of carbonyl (C=O) groups is 8. The number of allylic oxidation sites excluding steroid dienone is 1. The van der Waals surface area contributed by atoms with Crippen molar-refractivity contribution in [2.75, 3.05) is 40.2 Å². The maximum atomic E-state index is 15.2. The van der Waals surface area contributed by atoms with Crippen molar-refractivity contribution in [3.05, 3.63) is 124 Å². The van der Waals surface area contributed by atoms with Crippen LogP contribution in [0.25, 0.3) is 49.3 Å². The van der Waals surface area contributed by atoms with E-state index in [-0.39, 0.29) is 129 Å². The molecule has 10 atom stereocenters. The molecule has 41 heteroatoms. The van der Waals surface area contributed by atoms with Gasteiger partial charge in [0.15, 0.2) is 18.1 Å². The summed E-state index contributed by atoms with van der Waals surface area (Å²) in [5, 5.41) is 55.5. The largest absolute Gasteiger partial charge is 0.499 e. The molecule has 8 aromatic rings. The van der Waals surface area contributed by atoms with Crippen LogP contribution in [0.2, 0.25) is 0 Å². The SMILES string of the molecule is C=C(NC(=O)c1csc(-c2nc3c(cc2OCCCS(=O)(=O)O)-c2nc(cs2)C(=O)N[C@@H]([C@@H](C)O)C(=O)N/C(=C(\C)OC)c2nc(cs2)C(=O)N[C@@H]2c4nc(cs4)C(=O)N[C@@H](COC(=O)c4c5c6c(cccc6n4O)COC(=O)[C@@H](O[C@H]4C[C@](C)(O)[C@H](N(C)C)[C@H](C)O4)[C@H]2OC5)c2nc-3cs2)n1)C(N)=O. The maximum absolute atomic E-state index is 15.2. The number of nitrogens with zero attached hydrogens (tertiary/aromatic N) is 8. The van der Waals surface area contributed by atoms with Crippen LogP contribution < -0.4 is 37.1 Å². The lowest BCUT2D eigenvalue weighted by Gasteiger charge is -2.48. The molecule has 1 saturated heterocycles. The highest BCUT2D eigenvalue weighted by Crippen LogP contribution is 2.44.